The van der Waals surface area contributed by atoms with Gasteiger partial charge in [-0.25, -0.2) is 0 Å². The molecule has 0 amide bonds. The van der Waals surface area contributed by atoms with Gasteiger partial charge in [-0.2, -0.15) is 0 Å². The Bertz CT molecular complexity index is 784. The number of hydrogen-bond acceptors (Lipinski definition) is 4. The predicted molar refractivity (Wildman–Crippen MR) is 96.5 cm³/mol. The Morgan fingerprint density at radius 1 is 1.00 bits per heavy atom. The second-order valence-corrected chi connectivity index (χ2v) is 5.78. The number of allylic oxidation sites excluding steroid dienone is 2. The van der Waals surface area contributed by atoms with Crippen LogP contribution in [0, 0.1) is 0 Å². The Morgan fingerprint density at radius 3 is 2.38 bits per heavy atom. The Labute approximate surface area is 142 Å². The van der Waals surface area contributed by atoms with E-state index in [2.05, 4.69) is 6.08 Å². The van der Waals surface area contributed by atoms with E-state index in [4.69, 9.17) is 4.74 Å². The molecular weight excluding hydrogens is 304 g/mol. The van der Waals surface area contributed by atoms with Crippen LogP contribution in [0.25, 0.3) is 12.2 Å². The second-order valence-electron chi connectivity index (χ2n) is 5.78. The SMILES string of the molecule is COc1cc(O)cc(/C=C/c2ccc(O)c(O)c2)c1CC=C(C)C. The van der Waals surface area contributed by atoms with Gasteiger partial charge in [0.15, 0.2) is 11.5 Å². The highest BCUT2D eigenvalue weighted by Gasteiger charge is 2.09. The number of benzene rings is 2. The molecule has 0 spiro atoms. The number of methoxy groups -OCH3 is 1. The largest absolute Gasteiger partial charge is 0.508 e. The second kappa shape index (κ2) is 7.59. The molecule has 2 aromatic carbocycles. The van der Waals surface area contributed by atoms with Crippen LogP contribution in [-0.4, -0.2) is 22.4 Å². The molecule has 0 fully saturated rings. The molecule has 0 radical (unpaired) electrons. The molecule has 4 nitrogen and oxygen atoms in total. The van der Waals surface area contributed by atoms with Crippen LogP contribution in [0.1, 0.15) is 30.5 Å². The molecule has 2 rings (SSSR count). The molecule has 0 aliphatic rings. The Morgan fingerprint density at radius 2 is 1.75 bits per heavy atom. The normalized spacial score (nSPS) is 10.8. The first kappa shape index (κ1) is 17.5. The maximum absolute atomic E-state index is 9.90. The smallest absolute Gasteiger partial charge is 0.157 e. The summed E-state index contributed by atoms with van der Waals surface area (Å²) in [5.41, 5.74) is 3.73. The van der Waals surface area contributed by atoms with E-state index in [0.29, 0.717) is 12.2 Å². The van der Waals surface area contributed by atoms with E-state index in [-0.39, 0.29) is 17.2 Å². The van der Waals surface area contributed by atoms with Crippen molar-refractivity contribution in [1.82, 2.24) is 0 Å². The monoisotopic (exact) mass is 326 g/mol. The van der Waals surface area contributed by atoms with E-state index in [1.807, 2.05) is 19.9 Å². The van der Waals surface area contributed by atoms with Crippen LogP contribution in [0.15, 0.2) is 42.0 Å². The van der Waals surface area contributed by atoms with Crippen LogP contribution < -0.4 is 4.74 Å². The minimum atomic E-state index is -0.171. The van der Waals surface area contributed by atoms with Crippen molar-refractivity contribution in [2.45, 2.75) is 20.3 Å². The Kier molecular flexibility index (Phi) is 5.53. The van der Waals surface area contributed by atoms with Crippen molar-refractivity contribution in [3.8, 4) is 23.0 Å². The highest BCUT2D eigenvalue weighted by Crippen LogP contribution is 2.31. The topological polar surface area (TPSA) is 69.9 Å². The van der Waals surface area contributed by atoms with Gasteiger partial charge >= 0.3 is 0 Å². The molecular formula is C20H22O4. The van der Waals surface area contributed by atoms with E-state index in [1.165, 1.54) is 17.7 Å². The zero-order valence-corrected chi connectivity index (χ0v) is 14.1. The van der Waals surface area contributed by atoms with Gasteiger partial charge in [0.1, 0.15) is 11.5 Å². The van der Waals surface area contributed by atoms with Gasteiger partial charge in [0.05, 0.1) is 7.11 Å². The van der Waals surface area contributed by atoms with Gasteiger partial charge in [-0.1, -0.05) is 29.9 Å². The Hall–Kier alpha value is -2.88. The fourth-order valence-corrected chi connectivity index (χ4v) is 2.34. The minimum Gasteiger partial charge on any atom is -0.508 e. The van der Waals surface area contributed by atoms with Crippen molar-refractivity contribution >= 4 is 12.2 Å². The molecule has 126 valence electrons. The van der Waals surface area contributed by atoms with Gasteiger partial charge in [0, 0.05) is 11.6 Å². The van der Waals surface area contributed by atoms with Crippen LogP contribution in [0.5, 0.6) is 23.0 Å². The lowest BCUT2D eigenvalue weighted by Crippen LogP contribution is -1.95. The molecule has 0 atom stereocenters. The number of hydrogen-bond donors (Lipinski definition) is 3. The van der Waals surface area contributed by atoms with Crippen LogP contribution >= 0.6 is 0 Å². The third-order valence-electron chi connectivity index (χ3n) is 3.62. The molecule has 0 saturated heterocycles. The lowest BCUT2D eigenvalue weighted by molar-refractivity contribution is 0.403. The van der Waals surface area contributed by atoms with Crippen molar-refractivity contribution in [1.29, 1.82) is 0 Å². The third kappa shape index (κ3) is 4.32. The first-order valence-corrected chi connectivity index (χ1v) is 7.64. The molecule has 0 saturated carbocycles. The molecule has 0 aliphatic heterocycles. The number of phenols is 3. The summed E-state index contributed by atoms with van der Waals surface area (Å²) >= 11 is 0. The Balaban J connectivity index is 2.43. The first-order chi connectivity index (χ1) is 11.4. The highest BCUT2D eigenvalue weighted by atomic mass is 16.5. The molecule has 4 heteroatoms. The summed E-state index contributed by atoms with van der Waals surface area (Å²) in [6, 6.07) is 7.87. The van der Waals surface area contributed by atoms with E-state index in [9.17, 15) is 15.3 Å². The molecule has 0 aromatic heterocycles. The van der Waals surface area contributed by atoms with Gasteiger partial charge in [0.25, 0.3) is 0 Å². The zero-order chi connectivity index (χ0) is 17.7. The van der Waals surface area contributed by atoms with Gasteiger partial charge in [-0.15, -0.1) is 0 Å². The van der Waals surface area contributed by atoms with E-state index in [1.54, 1.807) is 31.4 Å². The maximum Gasteiger partial charge on any atom is 0.157 e. The summed E-state index contributed by atoms with van der Waals surface area (Å²) in [5, 5.41) is 28.8. The molecule has 2 aromatic rings. The number of aromatic hydroxyl groups is 3. The fraction of sp³-hybridized carbons (Fsp3) is 0.200. The highest BCUT2D eigenvalue weighted by molar-refractivity contribution is 5.74. The molecule has 0 heterocycles. The van der Waals surface area contributed by atoms with Gasteiger partial charge < -0.3 is 20.1 Å². The summed E-state index contributed by atoms with van der Waals surface area (Å²) < 4.78 is 5.39. The van der Waals surface area contributed by atoms with E-state index >= 15 is 0 Å². The van der Waals surface area contributed by atoms with Crippen molar-refractivity contribution < 1.29 is 20.1 Å². The standard InChI is InChI=1S/C20H22O4/c1-13(2)4-8-17-15(11-16(21)12-20(17)24-3)7-5-14-6-9-18(22)19(23)10-14/h4-7,9-12,21-23H,8H2,1-3H3/b7-5+. The average molecular weight is 326 g/mol. The fourth-order valence-electron chi connectivity index (χ4n) is 2.34. The number of ether oxygens (including phenoxy) is 1. The lowest BCUT2D eigenvalue weighted by atomic mass is 10.00. The van der Waals surface area contributed by atoms with Gasteiger partial charge in [0.2, 0.25) is 0 Å². The first-order valence-electron chi connectivity index (χ1n) is 7.64. The maximum atomic E-state index is 9.90. The number of phenolic OH excluding ortho intramolecular Hbond substituents is 3. The molecule has 24 heavy (non-hydrogen) atoms. The average Bonchev–Trinajstić information content (AvgIpc) is 2.54. The minimum absolute atomic E-state index is 0.126. The van der Waals surface area contributed by atoms with Crippen LogP contribution in [0.3, 0.4) is 0 Å². The summed E-state index contributed by atoms with van der Waals surface area (Å²) in [5.74, 6) is 0.424. The number of rotatable bonds is 5. The quantitative estimate of drug-likeness (QED) is 0.430. The van der Waals surface area contributed by atoms with Crippen LogP contribution in [0.4, 0.5) is 0 Å². The van der Waals surface area contributed by atoms with E-state index in [0.717, 1.165) is 16.7 Å². The summed E-state index contributed by atoms with van der Waals surface area (Å²) in [7, 11) is 1.58. The molecule has 0 unspecified atom stereocenters. The molecule has 0 bridgehead atoms. The van der Waals surface area contributed by atoms with Crippen molar-refractivity contribution in [2.24, 2.45) is 0 Å². The van der Waals surface area contributed by atoms with Crippen molar-refractivity contribution in [3.05, 3.63) is 58.7 Å². The van der Waals surface area contributed by atoms with Crippen molar-refractivity contribution in [3.63, 3.8) is 0 Å². The third-order valence-corrected chi connectivity index (χ3v) is 3.62. The van der Waals surface area contributed by atoms with Gasteiger partial charge in [-0.3, -0.25) is 0 Å². The molecule has 0 aliphatic carbocycles. The summed E-state index contributed by atoms with van der Waals surface area (Å²) in [6.07, 6.45) is 6.44. The lowest BCUT2D eigenvalue weighted by Gasteiger charge is -2.12. The van der Waals surface area contributed by atoms with Gasteiger partial charge in [-0.05, 0) is 49.6 Å². The van der Waals surface area contributed by atoms with Crippen molar-refractivity contribution in [2.75, 3.05) is 7.11 Å². The summed E-state index contributed by atoms with van der Waals surface area (Å²) in [4.78, 5) is 0. The summed E-state index contributed by atoms with van der Waals surface area (Å²) in [6.45, 7) is 4.06. The van der Waals surface area contributed by atoms with E-state index < -0.39 is 0 Å². The molecule has 3 N–H and O–H groups in total. The van der Waals surface area contributed by atoms with Crippen LogP contribution in [-0.2, 0) is 6.42 Å². The van der Waals surface area contributed by atoms with Crippen LogP contribution in [0.2, 0.25) is 0 Å². The predicted octanol–water partition coefficient (Wildman–Crippen LogP) is 4.49. The zero-order valence-electron chi connectivity index (χ0n) is 14.1.